The van der Waals surface area contributed by atoms with Crippen LogP contribution in [0.2, 0.25) is 0 Å². The summed E-state index contributed by atoms with van der Waals surface area (Å²) < 4.78 is 11.4. The molecule has 0 amide bonds. The van der Waals surface area contributed by atoms with Gasteiger partial charge >= 0.3 is 0 Å². The molecule has 0 bridgehead atoms. The molecule has 11 rings (SSSR count). The minimum Gasteiger partial charge on any atom is -0.456 e. The lowest BCUT2D eigenvalue weighted by molar-refractivity contribution is 0.351. The molecule has 2 atom stereocenters. The molecule has 242 valence electrons. The largest absolute Gasteiger partial charge is 0.456 e. The molecule has 5 nitrogen and oxygen atoms in total. The molecule has 0 saturated heterocycles. The van der Waals surface area contributed by atoms with Crippen LogP contribution in [0.1, 0.15) is 23.5 Å². The van der Waals surface area contributed by atoms with Crippen LogP contribution in [0.3, 0.4) is 0 Å². The lowest BCUT2D eigenvalue weighted by Gasteiger charge is -2.34. The van der Waals surface area contributed by atoms with Crippen LogP contribution in [0.15, 0.2) is 174 Å². The topological polar surface area (TPSA) is 47.1 Å². The summed E-state index contributed by atoms with van der Waals surface area (Å²) in [7, 11) is 0. The zero-order valence-corrected chi connectivity index (χ0v) is 27.6. The summed E-state index contributed by atoms with van der Waals surface area (Å²) in [6.45, 7) is 0. The monoisotopic (exact) mass is 656 g/mol. The number of rotatable bonds is 4. The van der Waals surface area contributed by atoms with Crippen molar-refractivity contribution in [3.05, 3.63) is 181 Å². The van der Waals surface area contributed by atoms with E-state index < -0.39 is 0 Å². The maximum atomic E-state index is 6.49. The van der Waals surface area contributed by atoms with Gasteiger partial charge in [0.05, 0.1) is 28.1 Å². The maximum Gasteiger partial charge on any atom is 0.160 e. The van der Waals surface area contributed by atoms with Gasteiger partial charge in [-0.3, -0.25) is 5.32 Å². The smallest absolute Gasteiger partial charge is 0.160 e. The normalized spacial score (nSPS) is 16.4. The van der Waals surface area contributed by atoms with E-state index >= 15 is 0 Å². The molecule has 51 heavy (non-hydrogen) atoms. The van der Waals surface area contributed by atoms with Gasteiger partial charge in [0.2, 0.25) is 0 Å². The summed E-state index contributed by atoms with van der Waals surface area (Å²) in [5, 5.41) is 15.0. The van der Waals surface area contributed by atoms with E-state index in [9.17, 15) is 0 Å². The van der Waals surface area contributed by atoms with Crippen LogP contribution in [0.5, 0.6) is 0 Å². The number of aromatic nitrogens is 2. The highest BCUT2D eigenvalue weighted by molar-refractivity contribution is 6.29. The van der Waals surface area contributed by atoms with E-state index in [1.54, 1.807) is 0 Å². The molecule has 3 aromatic heterocycles. The van der Waals surface area contributed by atoms with Crippen LogP contribution in [0, 0.1) is 0 Å². The zero-order chi connectivity index (χ0) is 33.5. The van der Waals surface area contributed by atoms with Gasteiger partial charge < -0.3 is 18.9 Å². The highest BCUT2D eigenvalue weighted by atomic mass is 16.3. The number of furan rings is 1. The fourth-order valence-electron chi connectivity index (χ4n) is 8.36. The Kier molecular flexibility index (Phi) is 6.09. The quantitative estimate of drug-likeness (QED) is 0.198. The zero-order valence-electron chi connectivity index (χ0n) is 27.6. The highest BCUT2D eigenvalue weighted by Gasteiger charge is 2.29. The summed E-state index contributed by atoms with van der Waals surface area (Å²) in [5.74, 6) is 0. The van der Waals surface area contributed by atoms with Crippen molar-refractivity contribution in [1.82, 2.24) is 19.8 Å². The predicted octanol–water partition coefficient (Wildman–Crippen LogP) is 11.2. The molecule has 0 radical (unpaired) electrons. The summed E-state index contributed by atoms with van der Waals surface area (Å²) in [6, 6.07) is 58.4. The lowest BCUT2D eigenvalue weighted by Crippen LogP contribution is -2.43. The van der Waals surface area contributed by atoms with E-state index in [1.165, 1.54) is 38.1 Å². The molecule has 0 saturated carbocycles. The molecule has 0 aliphatic carbocycles. The molecule has 0 spiro atoms. The van der Waals surface area contributed by atoms with Crippen molar-refractivity contribution in [2.75, 3.05) is 0 Å². The van der Waals surface area contributed by atoms with Crippen molar-refractivity contribution in [1.29, 1.82) is 0 Å². The number of benzene rings is 7. The predicted molar refractivity (Wildman–Crippen MR) is 210 cm³/mol. The molecule has 2 unspecified atom stereocenters. The Hall–Kier alpha value is -6.56. The Morgan fingerprint density at radius 3 is 2.00 bits per heavy atom. The third-order valence-corrected chi connectivity index (χ3v) is 10.6. The van der Waals surface area contributed by atoms with Crippen LogP contribution in [0.25, 0.3) is 76.9 Å². The first-order valence-electron chi connectivity index (χ1n) is 17.5. The Bertz CT molecular complexity index is 2970. The summed E-state index contributed by atoms with van der Waals surface area (Å²) in [4.78, 5) is 0. The van der Waals surface area contributed by atoms with Crippen LogP contribution >= 0.6 is 0 Å². The second-order valence-corrected chi connectivity index (χ2v) is 13.4. The first kappa shape index (κ1) is 28.3. The molecule has 2 N–H and O–H groups in total. The fourth-order valence-corrected chi connectivity index (χ4v) is 8.36. The van der Waals surface area contributed by atoms with Crippen LogP contribution in [-0.4, -0.2) is 9.13 Å². The van der Waals surface area contributed by atoms with E-state index in [2.05, 4.69) is 184 Å². The number of fused-ring (bicyclic) bond motifs is 10. The molecule has 1 aliphatic heterocycles. The Morgan fingerprint density at radius 1 is 0.490 bits per heavy atom. The van der Waals surface area contributed by atoms with Crippen LogP contribution in [0.4, 0.5) is 0 Å². The molecule has 0 fully saturated rings. The minimum absolute atomic E-state index is 0.0117. The molecule has 1 aliphatic rings. The fraction of sp³-hybridized carbons (Fsp3) is 0.0435. The average Bonchev–Trinajstić information content (AvgIpc) is 3.85. The molecular formula is C46H32N4O. The van der Waals surface area contributed by atoms with E-state index in [1.807, 2.05) is 6.07 Å². The molecule has 5 heteroatoms. The van der Waals surface area contributed by atoms with Gasteiger partial charge in [0.15, 0.2) is 6.29 Å². The van der Waals surface area contributed by atoms with Gasteiger partial charge in [-0.05, 0) is 65.7 Å². The van der Waals surface area contributed by atoms with E-state index in [4.69, 9.17) is 4.42 Å². The second kappa shape index (κ2) is 11.0. The van der Waals surface area contributed by atoms with E-state index in [0.29, 0.717) is 0 Å². The van der Waals surface area contributed by atoms with Gasteiger partial charge in [-0.15, -0.1) is 0 Å². The lowest BCUT2D eigenvalue weighted by atomic mass is 10.0. The van der Waals surface area contributed by atoms with Gasteiger partial charge in [-0.1, -0.05) is 115 Å². The molecule has 4 heterocycles. The maximum absolute atomic E-state index is 6.49. The number of hydrogen-bond acceptors (Lipinski definition) is 3. The van der Waals surface area contributed by atoms with Crippen LogP contribution < -0.4 is 10.6 Å². The van der Waals surface area contributed by atoms with Gasteiger partial charge in [0.1, 0.15) is 11.2 Å². The van der Waals surface area contributed by atoms with Crippen molar-refractivity contribution in [3.63, 3.8) is 0 Å². The third-order valence-electron chi connectivity index (χ3n) is 10.6. The number of para-hydroxylation sites is 3. The van der Waals surface area contributed by atoms with Crippen molar-refractivity contribution in [2.24, 2.45) is 0 Å². The molecule has 10 aromatic rings. The van der Waals surface area contributed by atoms with Crippen molar-refractivity contribution in [3.8, 4) is 5.69 Å². The molecular weight excluding hydrogens is 625 g/mol. The molecule has 7 aromatic carbocycles. The standard InChI is InChI=1S/C46H32N4O/c1-4-14-29(15-5-1)36-28-37(30-16-6-2-7-17-30)48-46(47-36)50-39-24-25-43-45(33-21-11-13-23-42(33)51-43)44(39)35-27-40-34(26-41(35)50)32-20-10-12-22-38(32)49(40)31-18-8-3-9-19-31/h1-28,36,46-48H. The summed E-state index contributed by atoms with van der Waals surface area (Å²) in [5.41, 5.74) is 11.1. The Labute approximate surface area is 293 Å². The Morgan fingerprint density at radius 2 is 1.18 bits per heavy atom. The van der Waals surface area contributed by atoms with Gasteiger partial charge in [-0.2, -0.15) is 0 Å². The average molecular weight is 657 g/mol. The summed E-state index contributed by atoms with van der Waals surface area (Å²) in [6.07, 6.45) is 2.05. The first-order valence-corrected chi connectivity index (χ1v) is 17.5. The summed E-state index contributed by atoms with van der Waals surface area (Å²) >= 11 is 0. The van der Waals surface area contributed by atoms with E-state index in [-0.39, 0.29) is 12.3 Å². The SMILES string of the molecule is C1=C(c2ccccc2)NC(n2c3cc4c5ccccc5n(-c5ccccc5)c4cc3c3c4c(ccc32)oc2ccccc24)NC1c1ccccc1. The van der Waals surface area contributed by atoms with Gasteiger partial charge in [0.25, 0.3) is 0 Å². The van der Waals surface area contributed by atoms with Gasteiger partial charge in [-0.25, -0.2) is 0 Å². The minimum atomic E-state index is -0.258. The van der Waals surface area contributed by atoms with Gasteiger partial charge in [0, 0.05) is 43.7 Å². The van der Waals surface area contributed by atoms with E-state index in [0.717, 1.165) is 49.9 Å². The third kappa shape index (κ3) is 4.25. The van der Waals surface area contributed by atoms with Crippen molar-refractivity contribution >= 4 is 71.2 Å². The number of nitrogens with one attached hydrogen (secondary N) is 2. The Balaban J connectivity index is 1.26. The highest BCUT2D eigenvalue weighted by Crippen LogP contribution is 2.44. The van der Waals surface area contributed by atoms with Crippen molar-refractivity contribution in [2.45, 2.75) is 12.3 Å². The first-order chi connectivity index (χ1) is 25.3. The second-order valence-electron chi connectivity index (χ2n) is 13.4. The van der Waals surface area contributed by atoms with Crippen molar-refractivity contribution < 1.29 is 4.42 Å². The number of hydrogen-bond donors (Lipinski definition) is 2. The van der Waals surface area contributed by atoms with Crippen LogP contribution in [-0.2, 0) is 0 Å². The number of nitrogens with zero attached hydrogens (tertiary/aromatic N) is 2.